The van der Waals surface area contributed by atoms with Gasteiger partial charge in [0, 0.05) is 33.0 Å². The van der Waals surface area contributed by atoms with Gasteiger partial charge in [-0.3, -0.25) is 29.0 Å². The van der Waals surface area contributed by atoms with Crippen molar-refractivity contribution in [2.75, 3.05) is 13.2 Å². The van der Waals surface area contributed by atoms with Gasteiger partial charge in [0.15, 0.2) is 23.7 Å². The van der Waals surface area contributed by atoms with Crippen molar-refractivity contribution in [1.29, 1.82) is 0 Å². The van der Waals surface area contributed by atoms with Crippen LogP contribution in [0.4, 0.5) is 0 Å². The van der Waals surface area contributed by atoms with Gasteiger partial charge < -0.3 is 62.3 Å². The Hall–Kier alpha value is -4.60. The van der Waals surface area contributed by atoms with Crippen LogP contribution < -0.4 is 32.6 Å². The Labute approximate surface area is 312 Å². The predicted octanol–water partition coefficient (Wildman–Crippen LogP) is -2.55. The number of nitrogens with one attached hydrogen (secondary N) is 2. The largest absolute Gasteiger partial charge is 0.479 e. The SMILES string of the molecule is CC(=O)NCCCC[C@@](N)(C(=O)CC[C@@H](NC(=O)[C@H](C(C)C)N(C(C)=O)C1O[C@H](CO)[C@@H](O)[C@H](O[C@H](C)C(=O)O)[C@H]1N)C(N)=O)C(=O)Oc1cccnc1. The number of pyridine rings is 1. The molecule has 1 aliphatic rings. The number of aliphatic carboxylic acids is 1. The van der Waals surface area contributed by atoms with E-state index in [0.717, 1.165) is 11.8 Å². The van der Waals surface area contributed by atoms with Crippen molar-refractivity contribution in [1.82, 2.24) is 20.5 Å². The number of unbranched alkanes of at least 4 members (excludes halogenated alkanes) is 1. The quantitative estimate of drug-likeness (QED) is 0.0363. The maximum atomic E-state index is 13.9. The number of hydrogen-bond donors (Lipinski definition) is 8. The zero-order chi connectivity index (χ0) is 40.9. The number of nitrogens with zero attached hydrogens (tertiary/aromatic N) is 2. The van der Waals surface area contributed by atoms with Crippen molar-refractivity contribution < 1.29 is 63.1 Å². The third-order valence-corrected chi connectivity index (χ3v) is 8.87. The monoisotopic (exact) mass is 767 g/mol. The summed E-state index contributed by atoms with van der Waals surface area (Å²) in [5.41, 5.74) is 16.2. The lowest BCUT2D eigenvalue weighted by Gasteiger charge is -2.49. The molecule has 2 rings (SSSR count). The van der Waals surface area contributed by atoms with E-state index in [1.807, 2.05) is 0 Å². The first-order chi connectivity index (χ1) is 25.3. The third kappa shape index (κ3) is 12.2. The Morgan fingerprint density at radius 3 is 2.30 bits per heavy atom. The van der Waals surface area contributed by atoms with Crippen molar-refractivity contribution >= 4 is 41.4 Å². The van der Waals surface area contributed by atoms with Crippen molar-refractivity contribution in [2.24, 2.45) is 23.1 Å². The van der Waals surface area contributed by atoms with E-state index >= 15 is 0 Å². The van der Waals surface area contributed by atoms with Crippen molar-refractivity contribution in [2.45, 2.75) is 121 Å². The van der Waals surface area contributed by atoms with Gasteiger partial charge in [0.25, 0.3) is 0 Å². The molecule has 2 heterocycles. The van der Waals surface area contributed by atoms with Crippen molar-refractivity contribution in [3.8, 4) is 5.75 Å². The fourth-order valence-electron chi connectivity index (χ4n) is 5.90. The Kier molecular flexibility index (Phi) is 17.5. The summed E-state index contributed by atoms with van der Waals surface area (Å²) in [4.78, 5) is 94.2. The van der Waals surface area contributed by atoms with Crippen LogP contribution in [0, 0.1) is 5.92 Å². The lowest BCUT2D eigenvalue weighted by atomic mass is 9.86. The fourth-order valence-corrected chi connectivity index (χ4v) is 5.90. The number of carboxylic acids is 1. The molecule has 0 aliphatic carbocycles. The lowest BCUT2D eigenvalue weighted by Crippen LogP contribution is -2.71. The summed E-state index contributed by atoms with van der Waals surface area (Å²) in [7, 11) is 0. The molecule has 11 N–H and O–H groups in total. The van der Waals surface area contributed by atoms with Crippen LogP contribution in [-0.4, -0.2) is 134 Å². The molecule has 1 saturated heterocycles. The average Bonchev–Trinajstić information content (AvgIpc) is 3.10. The second-order valence-corrected chi connectivity index (χ2v) is 13.4. The third-order valence-electron chi connectivity index (χ3n) is 8.87. The molecule has 1 aromatic rings. The second kappa shape index (κ2) is 20.7. The highest BCUT2D eigenvalue weighted by Crippen LogP contribution is 2.29. The fraction of sp³-hybridized carbons (Fsp3) is 0.647. The number of carbonyl (C=O) groups excluding carboxylic acids is 6. The Morgan fingerprint density at radius 1 is 1.11 bits per heavy atom. The summed E-state index contributed by atoms with van der Waals surface area (Å²) in [5.74, 6) is -6.99. The number of nitrogens with two attached hydrogens (primary N) is 3. The minimum atomic E-state index is -2.21. The number of hydrogen-bond acceptors (Lipinski definition) is 15. The highest BCUT2D eigenvalue weighted by Gasteiger charge is 2.51. The average molecular weight is 768 g/mol. The molecule has 4 amide bonds. The number of Topliss-reactive ketones (excluding diaryl/α,β-unsaturated/α-hetero) is 1. The first kappa shape index (κ1) is 45.6. The van der Waals surface area contributed by atoms with Crippen LogP contribution in [-0.2, 0) is 43.0 Å². The van der Waals surface area contributed by atoms with E-state index in [2.05, 4.69) is 15.6 Å². The number of amides is 4. The van der Waals surface area contributed by atoms with Gasteiger partial charge in [-0.25, -0.2) is 9.59 Å². The maximum absolute atomic E-state index is 13.9. The number of carbonyl (C=O) groups is 7. The Morgan fingerprint density at radius 2 is 1.78 bits per heavy atom. The van der Waals surface area contributed by atoms with Crippen LogP contribution in [0.2, 0.25) is 0 Å². The van der Waals surface area contributed by atoms with E-state index in [1.54, 1.807) is 13.8 Å². The van der Waals surface area contributed by atoms with Gasteiger partial charge in [-0.1, -0.05) is 13.8 Å². The first-order valence-corrected chi connectivity index (χ1v) is 17.4. The number of rotatable bonds is 21. The molecule has 302 valence electrons. The molecule has 1 aromatic heterocycles. The number of ketones is 1. The maximum Gasteiger partial charge on any atom is 0.339 e. The number of aliphatic hydroxyl groups excluding tert-OH is 2. The van der Waals surface area contributed by atoms with Gasteiger partial charge >= 0.3 is 11.9 Å². The Bertz CT molecular complexity index is 1480. The summed E-state index contributed by atoms with van der Waals surface area (Å²) >= 11 is 0. The number of carboxylic acid groups (broad SMARTS) is 1. The van der Waals surface area contributed by atoms with Crippen LogP contribution in [0.3, 0.4) is 0 Å². The Balaban J connectivity index is 2.34. The van der Waals surface area contributed by atoms with E-state index in [1.165, 1.54) is 38.4 Å². The van der Waals surface area contributed by atoms with E-state index in [9.17, 15) is 48.9 Å². The van der Waals surface area contributed by atoms with Gasteiger partial charge in [0.1, 0.15) is 36.1 Å². The summed E-state index contributed by atoms with van der Waals surface area (Å²) in [6.07, 6.45) is -5.37. The van der Waals surface area contributed by atoms with Gasteiger partial charge in [-0.05, 0) is 50.7 Å². The standard InChI is InChI=1S/C34H53N7O13/c1-17(2)26(41(20(5)44)31-25(35)28(52-18(3)32(49)50)27(46)23(16-42)54-31)30(48)40-22(29(36)47)10-11-24(45)34(37,12-6-7-14-39-19(4)43)33(51)53-21-9-8-13-38-15-21/h8-9,13,15,17-18,22-23,25-28,31,42,46H,6-7,10-12,14,16,35,37H2,1-5H3,(H2,36,47)(H,39,43)(H,40,48)(H,49,50)/t18-,22-,23-,25-,26+,27-,28-,31?,34-/m1/s1. The molecule has 0 saturated carbocycles. The smallest absolute Gasteiger partial charge is 0.339 e. The van der Waals surface area contributed by atoms with Crippen LogP contribution in [0.5, 0.6) is 5.75 Å². The highest BCUT2D eigenvalue weighted by molar-refractivity contribution is 6.09. The number of ether oxygens (including phenoxy) is 3. The van der Waals surface area contributed by atoms with Gasteiger partial charge in [0.05, 0.1) is 18.8 Å². The van der Waals surface area contributed by atoms with Crippen molar-refractivity contribution in [3.63, 3.8) is 0 Å². The molecule has 20 nitrogen and oxygen atoms in total. The molecule has 1 fully saturated rings. The molecule has 9 atom stereocenters. The van der Waals surface area contributed by atoms with Crippen LogP contribution in [0.25, 0.3) is 0 Å². The van der Waals surface area contributed by atoms with E-state index in [0.29, 0.717) is 6.42 Å². The van der Waals surface area contributed by atoms with Crippen molar-refractivity contribution in [3.05, 3.63) is 24.5 Å². The summed E-state index contributed by atoms with van der Waals surface area (Å²) in [6, 6.07) is -1.45. The summed E-state index contributed by atoms with van der Waals surface area (Å²) < 4.78 is 16.6. The topological polar surface area (TPSA) is 326 Å². The van der Waals surface area contributed by atoms with E-state index < -0.39 is 115 Å². The predicted molar refractivity (Wildman–Crippen MR) is 188 cm³/mol. The number of aromatic nitrogens is 1. The molecular weight excluding hydrogens is 714 g/mol. The molecule has 1 aliphatic heterocycles. The zero-order valence-electron chi connectivity index (χ0n) is 31.0. The lowest BCUT2D eigenvalue weighted by molar-refractivity contribution is -0.247. The van der Waals surface area contributed by atoms with Gasteiger partial charge in [-0.15, -0.1) is 0 Å². The number of primary amides is 1. The second-order valence-electron chi connectivity index (χ2n) is 13.4. The molecule has 54 heavy (non-hydrogen) atoms. The zero-order valence-corrected chi connectivity index (χ0v) is 31.0. The first-order valence-electron chi connectivity index (χ1n) is 17.4. The summed E-state index contributed by atoms with van der Waals surface area (Å²) in [6.45, 7) is 6.23. The van der Waals surface area contributed by atoms with Crippen LogP contribution >= 0.6 is 0 Å². The molecule has 0 aromatic carbocycles. The highest BCUT2D eigenvalue weighted by atomic mass is 16.6. The molecule has 0 bridgehead atoms. The minimum Gasteiger partial charge on any atom is -0.479 e. The molecule has 1 unspecified atom stereocenters. The minimum absolute atomic E-state index is 0.0242. The number of esters is 1. The van der Waals surface area contributed by atoms with Gasteiger partial charge in [-0.2, -0.15) is 0 Å². The summed E-state index contributed by atoms with van der Waals surface area (Å²) in [5, 5.41) is 35.1. The molecular formula is C34H53N7O13. The normalized spacial score (nSPS) is 22.5. The van der Waals surface area contributed by atoms with Crippen LogP contribution in [0.1, 0.15) is 66.7 Å². The number of aliphatic hydroxyl groups is 2. The van der Waals surface area contributed by atoms with E-state index in [-0.39, 0.29) is 31.0 Å². The van der Waals surface area contributed by atoms with E-state index in [4.69, 9.17) is 31.4 Å². The molecule has 20 heteroatoms. The molecule has 0 radical (unpaired) electrons. The van der Waals surface area contributed by atoms with Gasteiger partial charge in [0.2, 0.25) is 23.6 Å². The molecule has 0 spiro atoms. The van der Waals surface area contributed by atoms with Crippen LogP contribution in [0.15, 0.2) is 24.5 Å².